The molecule has 0 fully saturated rings. The first-order valence-corrected chi connectivity index (χ1v) is 10.7. The summed E-state index contributed by atoms with van der Waals surface area (Å²) in [6.45, 7) is 7.21. The molecule has 8 heteroatoms. The van der Waals surface area contributed by atoms with Gasteiger partial charge < -0.3 is 13.6 Å². The normalized spacial score (nSPS) is 14.3. The molecule has 1 aliphatic carbocycles. The average Bonchev–Trinajstić information content (AvgIpc) is 3.33. The van der Waals surface area contributed by atoms with Crippen molar-refractivity contribution in [2.45, 2.75) is 47.0 Å². The van der Waals surface area contributed by atoms with Crippen LogP contribution in [0.5, 0.6) is 5.75 Å². The van der Waals surface area contributed by atoms with Crippen molar-refractivity contribution in [3.05, 3.63) is 74.6 Å². The summed E-state index contributed by atoms with van der Waals surface area (Å²) in [4.78, 5) is 25.2. The van der Waals surface area contributed by atoms with Gasteiger partial charge in [-0.05, 0) is 69.9 Å². The molecule has 2 aromatic heterocycles. The van der Waals surface area contributed by atoms with Crippen LogP contribution >= 0.6 is 11.6 Å². The Kier molecular flexibility index (Phi) is 5.93. The lowest BCUT2D eigenvalue weighted by molar-refractivity contribution is 0.0698. The Hall–Kier alpha value is -3.32. The summed E-state index contributed by atoms with van der Waals surface area (Å²) in [5, 5.41) is 4.96. The molecular weight excluding hydrogens is 432 g/mol. The van der Waals surface area contributed by atoms with Crippen molar-refractivity contribution >= 4 is 29.2 Å². The molecule has 0 saturated carbocycles. The van der Waals surface area contributed by atoms with Crippen molar-refractivity contribution in [2.24, 2.45) is 5.10 Å². The Morgan fingerprint density at radius 1 is 1.12 bits per heavy atom. The van der Waals surface area contributed by atoms with Gasteiger partial charge in [0, 0.05) is 22.6 Å². The third kappa shape index (κ3) is 4.08. The van der Waals surface area contributed by atoms with Crippen molar-refractivity contribution in [1.82, 2.24) is 5.43 Å². The number of amides is 1. The van der Waals surface area contributed by atoms with Crippen LogP contribution in [0.15, 0.2) is 38.4 Å². The fourth-order valence-corrected chi connectivity index (χ4v) is 4.00. The zero-order chi connectivity index (χ0) is 23.0. The molecule has 1 aromatic carbocycles. The predicted octanol–water partition coefficient (Wildman–Crippen LogP) is 5.45. The van der Waals surface area contributed by atoms with Crippen molar-refractivity contribution < 1.29 is 23.2 Å². The average molecular weight is 455 g/mol. The van der Waals surface area contributed by atoms with Crippen molar-refractivity contribution in [3.8, 4) is 5.75 Å². The summed E-state index contributed by atoms with van der Waals surface area (Å²) < 4.78 is 16.6. The molecule has 2 heterocycles. The van der Waals surface area contributed by atoms with Gasteiger partial charge >= 0.3 is 5.97 Å². The Morgan fingerprint density at radius 2 is 1.84 bits per heavy atom. The molecule has 0 unspecified atom stereocenters. The fraction of sp³-hybridized carbons (Fsp3) is 0.292. The van der Waals surface area contributed by atoms with E-state index in [1.807, 2.05) is 13.8 Å². The number of esters is 1. The van der Waals surface area contributed by atoms with Gasteiger partial charge in [0.15, 0.2) is 0 Å². The first-order valence-electron chi connectivity index (χ1n) is 10.3. The standard InChI is InChI=1S/C24H23ClN2O5/c1-12-10-16(11-13(2)21(12)25)31-24(29)22-14(3)20-18(6-5-7-19(20)32-22)26-27-23(28)17-8-9-30-15(17)4/h8-11H,5-7H2,1-4H3,(H,27,28)/b26-18+. The summed E-state index contributed by atoms with van der Waals surface area (Å²) in [5.74, 6) is 0.771. The summed E-state index contributed by atoms with van der Waals surface area (Å²) in [7, 11) is 0. The number of aryl methyl sites for hydroxylation is 4. The second kappa shape index (κ2) is 8.67. The number of carbonyl (C=O) groups excluding carboxylic acids is 2. The van der Waals surface area contributed by atoms with E-state index >= 15 is 0 Å². The summed E-state index contributed by atoms with van der Waals surface area (Å²) in [5.41, 5.74) is 6.70. The number of nitrogens with one attached hydrogen (secondary N) is 1. The lowest BCUT2D eigenvalue weighted by atomic mass is 9.93. The van der Waals surface area contributed by atoms with Crippen LogP contribution in [0.2, 0.25) is 5.02 Å². The van der Waals surface area contributed by atoms with Gasteiger partial charge in [-0.25, -0.2) is 10.2 Å². The number of carbonyl (C=O) groups is 2. The van der Waals surface area contributed by atoms with Crippen molar-refractivity contribution in [2.75, 3.05) is 0 Å². The van der Waals surface area contributed by atoms with Crippen LogP contribution in [0.4, 0.5) is 0 Å². The van der Waals surface area contributed by atoms with E-state index in [1.165, 1.54) is 6.26 Å². The van der Waals surface area contributed by atoms with E-state index in [2.05, 4.69) is 10.5 Å². The third-order valence-corrected chi connectivity index (χ3v) is 6.12. The van der Waals surface area contributed by atoms with Crippen LogP contribution in [0.25, 0.3) is 0 Å². The molecule has 1 aliphatic rings. The predicted molar refractivity (Wildman–Crippen MR) is 120 cm³/mol. The molecule has 166 valence electrons. The number of benzene rings is 1. The molecule has 0 spiro atoms. The highest BCUT2D eigenvalue weighted by Gasteiger charge is 2.29. The first-order chi connectivity index (χ1) is 15.3. The maximum atomic E-state index is 12.9. The number of hydrogen-bond donors (Lipinski definition) is 1. The first kappa shape index (κ1) is 21.9. The fourth-order valence-electron chi connectivity index (χ4n) is 3.89. The molecule has 7 nitrogen and oxygen atoms in total. The maximum absolute atomic E-state index is 12.9. The van der Waals surface area contributed by atoms with Crippen LogP contribution in [0, 0.1) is 27.7 Å². The van der Waals surface area contributed by atoms with E-state index in [0.717, 1.165) is 23.1 Å². The van der Waals surface area contributed by atoms with E-state index < -0.39 is 5.97 Å². The number of hydrazone groups is 1. The Bertz CT molecular complexity index is 1230. The monoisotopic (exact) mass is 454 g/mol. The topological polar surface area (TPSA) is 94.0 Å². The molecule has 0 bridgehead atoms. The summed E-state index contributed by atoms with van der Waals surface area (Å²) in [6, 6.07) is 5.02. The van der Waals surface area contributed by atoms with Gasteiger partial charge in [-0.1, -0.05) is 11.6 Å². The molecule has 0 atom stereocenters. The summed E-state index contributed by atoms with van der Waals surface area (Å²) >= 11 is 6.20. The molecule has 32 heavy (non-hydrogen) atoms. The van der Waals surface area contributed by atoms with Crippen molar-refractivity contribution in [1.29, 1.82) is 0 Å². The number of hydrogen-bond acceptors (Lipinski definition) is 6. The number of halogens is 1. The molecule has 0 radical (unpaired) electrons. The molecule has 1 amide bonds. The minimum absolute atomic E-state index is 0.131. The highest BCUT2D eigenvalue weighted by molar-refractivity contribution is 6.32. The van der Waals surface area contributed by atoms with Gasteiger partial charge in [0.05, 0.1) is 17.5 Å². The highest BCUT2D eigenvalue weighted by Crippen LogP contribution is 2.31. The van der Waals surface area contributed by atoms with Gasteiger partial charge in [0.2, 0.25) is 5.76 Å². The third-order valence-electron chi connectivity index (χ3n) is 5.53. The second-order valence-electron chi connectivity index (χ2n) is 7.86. The van der Waals surface area contributed by atoms with E-state index in [9.17, 15) is 9.59 Å². The minimum atomic E-state index is -0.588. The molecule has 3 aromatic rings. The molecule has 4 rings (SSSR count). The Labute approximate surface area is 190 Å². The quantitative estimate of drug-likeness (QED) is 0.321. The Balaban J connectivity index is 1.58. The van der Waals surface area contributed by atoms with Crippen LogP contribution < -0.4 is 10.2 Å². The molecule has 0 saturated heterocycles. The molecule has 1 N–H and O–H groups in total. The van der Waals surface area contributed by atoms with Crippen LogP contribution in [0.1, 0.15) is 67.5 Å². The zero-order valence-electron chi connectivity index (χ0n) is 18.3. The van der Waals surface area contributed by atoms with Crippen LogP contribution in [-0.4, -0.2) is 17.6 Å². The highest BCUT2D eigenvalue weighted by atomic mass is 35.5. The van der Waals surface area contributed by atoms with Crippen LogP contribution in [0.3, 0.4) is 0 Å². The zero-order valence-corrected chi connectivity index (χ0v) is 19.1. The van der Waals surface area contributed by atoms with Gasteiger partial charge in [0.25, 0.3) is 5.91 Å². The molecular formula is C24H23ClN2O5. The maximum Gasteiger partial charge on any atom is 0.379 e. The minimum Gasteiger partial charge on any atom is -0.469 e. The molecule has 0 aliphatic heterocycles. The van der Waals surface area contributed by atoms with E-state index in [-0.39, 0.29) is 11.7 Å². The van der Waals surface area contributed by atoms with Gasteiger partial charge in [-0.3, -0.25) is 4.79 Å². The van der Waals surface area contributed by atoms with E-state index in [0.29, 0.717) is 52.0 Å². The number of ether oxygens (including phenoxy) is 1. The number of rotatable bonds is 4. The van der Waals surface area contributed by atoms with Gasteiger partial charge in [0.1, 0.15) is 17.3 Å². The van der Waals surface area contributed by atoms with Gasteiger partial charge in [-0.15, -0.1) is 0 Å². The summed E-state index contributed by atoms with van der Waals surface area (Å²) in [6.07, 6.45) is 3.58. The van der Waals surface area contributed by atoms with Crippen LogP contribution in [-0.2, 0) is 6.42 Å². The second-order valence-corrected chi connectivity index (χ2v) is 8.24. The largest absolute Gasteiger partial charge is 0.469 e. The van der Waals surface area contributed by atoms with Gasteiger partial charge in [-0.2, -0.15) is 5.10 Å². The number of furan rings is 2. The number of nitrogens with zero attached hydrogens (tertiary/aromatic N) is 1. The number of fused-ring (bicyclic) bond motifs is 1. The smallest absolute Gasteiger partial charge is 0.379 e. The van der Waals surface area contributed by atoms with Crippen molar-refractivity contribution in [3.63, 3.8) is 0 Å². The lowest BCUT2D eigenvalue weighted by Gasteiger charge is -2.13. The van der Waals surface area contributed by atoms with E-state index in [1.54, 1.807) is 32.0 Å². The Morgan fingerprint density at radius 3 is 2.50 bits per heavy atom. The SMILES string of the molecule is Cc1cc(OC(=O)c2oc3c(c2C)/C(=N/NC(=O)c2ccoc2C)CCC3)cc(C)c1Cl. The lowest BCUT2D eigenvalue weighted by Crippen LogP contribution is -2.22. The van der Waals surface area contributed by atoms with E-state index in [4.69, 9.17) is 25.2 Å².